The molecule has 2 aromatic carbocycles. The van der Waals surface area contributed by atoms with Gasteiger partial charge in [-0.2, -0.15) is 0 Å². The van der Waals surface area contributed by atoms with Crippen molar-refractivity contribution in [1.82, 2.24) is 4.90 Å². The Kier molecular flexibility index (Phi) is 5.12. The normalized spacial score (nSPS) is 14.7. The molecule has 1 aliphatic rings. The molecule has 0 N–H and O–H groups in total. The first-order chi connectivity index (χ1) is 11.9. The zero-order valence-electron chi connectivity index (χ0n) is 15.8. The van der Waals surface area contributed by atoms with Crippen LogP contribution in [0.15, 0.2) is 36.4 Å². The van der Waals surface area contributed by atoms with E-state index in [1.54, 1.807) is 0 Å². The number of carbonyl (C=O) groups excluding carboxylic acids is 1. The SMILES string of the molecule is Cc1cccc(CC(=O)N2CCN(c3c(C)cc(C)cc3C)CC2)c1. The zero-order chi connectivity index (χ0) is 18.0. The molecule has 0 radical (unpaired) electrons. The van der Waals surface area contributed by atoms with Gasteiger partial charge in [0.15, 0.2) is 0 Å². The Bertz CT molecular complexity index is 750. The summed E-state index contributed by atoms with van der Waals surface area (Å²) >= 11 is 0. The van der Waals surface area contributed by atoms with Gasteiger partial charge in [0.2, 0.25) is 5.91 Å². The Balaban J connectivity index is 1.63. The van der Waals surface area contributed by atoms with E-state index in [2.05, 4.69) is 56.9 Å². The van der Waals surface area contributed by atoms with Gasteiger partial charge in [0.1, 0.15) is 0 Å². The molecule has 3 rings (SSSR count). The van der Waals surface area contributed by atoms with E-state index in [0.29, 0.717) is 6.42 Å². The molecule has 25 heavy (non-hydrogen) atoms. The second-order valence-electron chi connectivity index (χ2n) is 7.28. The number of carbonyl (C=O) groups is 1. The summed E-state index contributed by atoms with van der Waals surface area (Å²) in [5, 5.41) is 0. The quantitative estimate of drug-likeness (QED) is 0.851. The van der Waals surface area contributed by atoms with Crippen molar-refractivity contribution in [2.24, 2.45) is 0 Å². The molecule has 0 unspecified atom stereocenters. The van der Waals surface area contributed by atoms with Crippen molar-refractivity contribution in [2.45, 2.75) is 34.1 Å². The number of benzene rings is 2. The van der Waals surface area contributed by atoms with Crippen molar-refractivity contribution in [3.63, 3.8) is 0 Å². The maximum atomic E-state index is 12.6. The third-order valence-electron chi connectivity index (χ3n) is 5.02. The molecule has 0 aromatic heterocycles. The molecule has 1 aliphatic heterocycles. The summed E-state index contributed by atoms with van der Waals surface area (Å²) in [5.41, 5.74) is 7.63. The minimum Gasteiger partial charge on any atom is -0.368 e. The van der Waals surface area contributed by atoms with E-state index < -0.39 is 0 Å². The summed E-state index contributed by atoms with van der Waals surface area (Å²) in [6, 6.07) is 12.7. The number of hydrogen-bond donors (Lipinski definition) is 0. The van der Waals surface area contributed by atoms with Crippen LogP contribution in [-0.4, -0.2) is 37.0 Å². The Morgan fingerprint density at radius 1 is 0.880 bits per heavy atom. The number of nitrogens with zero attached hydrogens (tertiary/aromatic N) is 2. The summed E-state index contributed by atoms with van der Waals surface area (Å²) in [4.78, 5) is 17.1. The molecule has 2 aromatic rings. The van der Waals surface area contributed by atoms with Crippen molar-refractivity contribution in [2.75, 3.05) is 31.1 Å². The topological polar surface area (TPSA) is 23.6 Å². The summed E-state index contributed by atoms with van der Waals surface area (Å²) < 4.78 is 0. The molecular weight excluding hydrogens is 308 g/mol. The van der Waals surface area contributed by atoms with Gasteiger partial charge in [-0.05, 0) is 44.4 Å². The average molecular weight is 336 g/mol. The highest BCUT2D eigenvalue weighted by atomic mass is 16.2. The van der Waals surface area contributed by atoms with Crippen LogP contribution < -0.4 is 4.90 Å². The average Bonchev–Trinajstić information content (AvgIpc) is 2.54. The van der Waals surface area contributed by atoms with Crippen LogP contribution in [0.2, 0.25) is 0 Å². The largest absolute Gasteiger partial charge is 0.368 e. The van der Waals surface area contributed by atoms with Crippen LogP contribution in [0.4, 0.5) is 5.69 Å². The maximum Gasteiger partial charge on any atom is 0.227 e. The minimum absolute atomic E-state index is 0.239. The smallest absolute Gasteiger partial charge is 0.227 e. The Hall–Kier alpha value is -2.29. The number of piperazine rings is 1. The molecule has 1 heterocycles. The fourth-order valence-electron chi connectivity index (χ4n) is 3.96. The van der Waals surface area contributed by atoms with Gasteiger partial charge >= 0.3 is 0 Å². The van der Waals surface area contributed by atoms with E-state index in [-0.39, 0.29) is 5.91 Å². The molecule has 3 nitrogen and oxygen atoms in total. The highest BCUT2D eigenvalue weighted by Crippen LogP contribution is 2.27. The van der Waals surface area contributed by atoms with Crippen LogP contribution >= 0.6 is 0 Å². The van der Waals surface area contributed by atoms with E-state index >= 15 is 0 Å². The van der Waals surface area contributed by atoms with Crippen LogP contribution in [0.3, 0.4) is 0 Å². The first-order valence-corrected chi connectivity index (χ1v) is 9.10. The third-order valence-corrected chi connectivity index (χ3v) is 5.02. The van der Waals surface area contributed by atoms with Gasteiger partial charge in [-0.25, -0.2) is 0 Å². The van der Waals surface area contributed by atoms with E-state index in [1.165, 1.54) is 27.9 Å². The molecule has 0 spiro atoms. The number of rotatable bonds is 3. The Labute approximate surface area is 151 Å². The van der Waals surface area contributed by atoms with E-state index in [0.717, 1.165) is 31.7 Å². The molecule has 0 aliphatic carbocycles. The highest BCUT2D eigenvalue weighted by Gasteiger charge is 2.23. The van der Waals surface area contributed by atoms with Gasteiger partial charge in [0.25, 0.3) is 0 Å². The fourth-order valence-corrected chi connectivity index (χ4v) is 3.96. The molecule has 3 heteroatoms. The molecule has 132 valence electrons. The minimum atomic E-state index is 0.239. The zero-order valence-corrected chi connectivity index (χ0v) is 15.8. The molecule has 1 amide bonds. The molecule has 0 bridgehead atoms. The Morgan fingerprint density at radius 2 is 1.52 bits per heavy atom. The lowest BCUT2D eigenvalue weighted by Gasteiger charge is -2.37. The van der Waals surface area contributed by atoms with Gasteiger partial charge < -0.3 is 9.80 Å². The summed E-state index contributed by atoms with van der Waals surface area (Å²) in [6.07, 6.45) is 0.504. The first-order valence-electron chi connectivity index (χ1n) is 9.10. The van der Waals surface area contributed by atoms with Crippen molar-refractivity contribution < 1.29 is 4.79 Å². The number of aryl methyl sites for hydroxylation is 4. The van der Waals surface area contributed by atoms with Crippen molar-refractivity contribution in [3.8, 4) is 0 Å². The molecular formula is C22H28N2O. The number of anilines is 1. The van der Waals surface area contributed by atoms with Crippen LogP contribution in [0, 0.1) is 27.7 Å². The predicted molar refractivity (Wildman–Crippen MR) is 104 cm³/mol. The maximum absolute atomic E-state index is 12.6. The second-order valence-corrected chi connectivity index (χ2v) is 7.28. The van der Waals surface area contributed by atoms with Crippen molar-refractivity contribution >= 4 is 11.6 Å². The molecule has 1 fully saturated rings. The van der Waals surface area contributed by atoms with E-state index in [4.69, 9.17) is 0 Å². The highest BCUT2D eigenvalue weighted by molar-refractivity contribution is 5.79. The van der Waals surface area contributed by atoms with Gasteiger partial charge in [-0.1, -0.05) is 47.5 Å². The summed E-state index contributed by atoms with van der Waals surface area (Å²) in [7, 11) is 0. The lowest BCUT2D eigenvalue weighted by atomic mass is 10.0. The van der Waals surface area contributed by atoms with Crippen molar-refractivity contribution in [1.29, 1.82) is 0 Å². The predicted octanol–water partition coefficient (Wildman–Crippen LogP) is 3.81. The number of hydrogen-bond acceptors (Lipinski definition) is 2. The van der Waals surface area contributed by atoms with Crippen molar-refractivity contribution in [3.05, 3.63) is 64.2 Å². The molecule has 0 atom stereocenters. The van der Waals surface area contributed by atoms with Crippen LogP contribution in [0.5, 0.6) is 0 Å². The van der Waals surface area contributed by atoms with Gasteiger partial charge in [0.05, 0.1) is 6.42 Å². The van der Waals surface area contributed by atoms with Gasteiger partial charge in [-0.15, -0.1) is 0 Å². The molecule has 1 saturated heterocycles. The van der Waals surface area contributed by atoms with Crippen LogP contribution in [-0.2, 0) is 11.2 Å². The molecule has 0 saturated carbocycles. The third kappa shape index (κ3) is 4.04. The van der Waals surface area contributed by atoms with Gasteiger partial charge in [0, 0.05) is 31.9 Å². The van der Waals surface area contributed by atoms with Crippen LogP contribution in [0.25, 0.3) is 0 Å². The summed E-state index contributed by atoms with van der Waals surface area (Å²) in [6.45, 7) is 12.0. The Morgan fingerprint density at radius 3 is 2.12 bits per heavy atom. The van der Waals surface area contributed by atoms with Crippen LogP contribution in [0.1, 0.15) is 27.8 Å². The van der Waals surface area contributed by atoms with E-state index in [1.807, 2.05) is 17.0 Å². The van der Waals surface area contributed by atoms with Gasteiger partial charge in [-0.3, -0.25) is 4.79 Å². The second kappa shape index (κ2) is 7.30. The number of amides is 1. The fraction of sp³-hybridized carbons (Fsp3) is 0.409. The van der Waals surface area contributed by atoms with E-state index in [9.17, 15) is 4.79 Å². The summed E-state index contributed by atoms with van der Waals surface area (Å²) in [5.74, 6) is 0.239. The first kappa shape index (κ1) is 17.5. The standard InChI is InChI=1S/C22H28N2O/c1-16-6-5-7-20(14-16)15-21(25)23-8-10-24(11-9-23)22-18(3)12-17(2)13-19(22)4/h5-7,12-14H,8-11,15H2,1-4H3. The lowest BCUT2D eigenvalue weighted by Crippen LogP contribution is -2.49. The monoisotopic (exact) mass is 336 g/mol. The lowest BCUT2D eigenvalue weighted by molar-refractivity contribution is -0.130.